The molecule has 0 radical (unpaired) electrons. The van der Waals surface area contributed by atoms with Gasteiger partial charge in [-0.15, -0.1) is 0 Å². The predicted molar refractivity (Wildman–Crippen MR) is 177 cm³/mol. The van der Waals surface area contributed by atoms with Crippen molar-refractivity contribution in [2.45, 2.75) is 111 Å². The lowest BCUT2D eigenvalue weighted by atomic mass is 9.47. The molecule has 3 aromatic rings. The van der Waals surface area contributed by atoms with Gasteiger partial charge in [-0.3, -0.25) is 9.80 Å². The van der Waals surface area contributed by atoms with Gasteiger partial charge in [0.2, 0.25) is 0 Å². The van der Waals surface area contributed by atoms with Crippen LogP contribution in [0.15, 0.2) is 24.3 Å². The summed E-state index contributed by atoms with van der Waals surface area (Å²) in [5.41, 5.74) is 4.93. The van der Waals surface area contributed by atoms with E-state index in [1.165, 1.54) is 36.8 Å². The number of phenolic OH excluding ortho intramolecular Hbond substituents is 2. The van der Waals surface area contributed by atoms with Crippen LogP contribution >= 0.6 is 0 Å². The van der Waals surface area contributed by atoms with Crippen LogP contribution in [0.4, 0.5) is 0 Å². The third kappa shape index (κ3) is 2.87. The topological polar surface area (TPSA) is 122 Å². The molecule has 4 fully saturated rings. The zero-order valence-corrected chi connectivity index (χ0v) is 27.7. The van der Waals surface area contributed by atoms with Crippen molar-refractivity contribution in [1.29, 1.82) is 0 Å². The molecule has 2 spiro atoms. The molecule has 5 heterocycles. The maximum atomic E-state index is 13.5. The number of H-pyrrole nitrogens is 1. The number of likely N-dealkylation sites (tertiary alicyclic amines) is 2. The minimum atomic E-state index is -1.09. The van der Waals surface area contributed by atoms with Crippen molar-refractivity contribution >= 4 is 0 Å². The Bertz CT molecular complexity index is 1910. The van der Waals surface area contributed by atoms with E-state index in [2.05, 4.69) is 26.9 Å². The number of nitrogens with zero attached hydrogens (tertiary/aromatic N) is 2. The van der Waals surface area contributed by atoms with Crippen molar-refractivity contribution in [1.82, 2.24) is 14.8 Å². The van der Waals surface area contributed by atoms with Crippen LogP contribution in [0.3, 0.4) is 0 Å². The normalized spacial score (nSPS) is 41.3. The number of ether oxygens (including phenoxy) is 2. The molecule has 13 rings (SSSR count). The lowest BCUT2D eigenvalue weighted by Crippen LogP contribution is -2.75. The van der Waals surface area contributed by atoms with Crippen molar-refractivity contribution in [2.75, 3.05) is 26.2 Å². The van der Waals surface area contributed by atoms with Crippen LogP contribution in [0, 0.1) is 11.8 Å². The largest absolute Gasteiger partial charge is 0.504 e. The van der Waals surface area contributed by atoms with Crippen LogP contribution in [-0.4, -0.2) is 84.7 Å². The second-order valence-corrected chi connectivity index (χ2v) is 17.8. The Hall–Kier alpha value is -3.24. The highest BCUT2D eigenvalue weighted by Crippen LogP contribution is 2.72. The summed E-state index contributed by atoms with van der Waals surface area (Å²) < 4.78 is 13.9. The highest BCUT2D eigenvalue weighted by molar-refractivity contribution is 5.68. The molecule has 2 saturated heterocycles. The number of hydrogen-bond acceptors (Lipinski definition) is 8. The SMILES string of the molecule is Oc1ccc2c3c1O[C@@H]1c4[nH]c5c(c4C[C@@]4(O)[C@H](C2)N(CC2CC2)CC[C@]314)C[C@]1(O)[C@@H]2Cc3ccc(O)c4c3[C@@]1(CCN2CC1CC1)[C@H]5O4. The van der Waals surface area contributed by atoms with E-state index in [-0.39, 0.29) is 23.6 Å². The molecule has 10 aliphatic rings. The van der Waals surface area contributed by atoms with Gasteiger partial charge in [0.1, 0.15) is 0 Å². The molecule has 0 unspecified atom stereocenters. The van der Waals surface area contributed by atoms with Gasteiger partial charge in [0.25, 0.3) is 0 Å². The highest BCUT2D eigenvalue weighted by Gasteiger charge is 2.76. The third-order valence-corrected chi connectivity index (χ3v) is 15.7. The molecule has 0 amide bonds. The van der Waals surface area contributed by atoms with Crippen molar-refractivity contribution < 1.29 is 29.9 Å². The van der Waals surface area contributed by atoms with E-state index in [0.717, 1.165) is 85.5 Å². The quantitative estimate of drug-likeness (QED) is 0.286. The number of nitrogens with one attached hydrogen (secondary N) is 1. The number of piperidine rings is 2. The molecule has 2 aromatic carbocycles. The number of aromatic nitrogens is 1. The van der Waals surface area contributed by atoms with Gasteiger partial charge in [0.15, 0.2) is 35.2 Å². The van der Waals surface area contributed by atoms with Gasteiger partial charge >= 0.3 is 0 Å². The zero-order chi connectivity index (χ0) is 32.4. The molecule has 254 valence electrons. The minimum absolute atomic E-state index is 0.0535. The van der Waals surface area contributed by atoms with Gasteiger partial charge < -0.3 is 34.9 Å². The Morgan fingerprint density at radius 2 is 1.12 bits per heavy atom. The number of benzene rings is 2. The number of hydrogen-bond donors (Lipinski definition) is 5. The first-order valence-electron chi connectivity index (χ1n) is 19.0. The maximum absolute atomic E-state index is 13.5. The number of aromatic hydroxyl groups is 2. The Morgan fingerprint density at radius 3 is 1.55 bits per heavy atom. The fourth-order valence-electron chi connectivity index (χ4n) is 13.4. The lowest BCUT2D eigenvalue weighted by molar-refractivity contribution is -0.176. The first-order valence-corrected chi connectivity index (χ1v) is 19.0. The fourth-order valence-corrected chi connectivity index (χ4v) is 13.4. The summed E-state index contributed by atoms with van der Waals surface area (Å²) in [6.45, 7) is 3.84. The second kappa shape index (κ2) is 8.28. The van der Waals surface area contributed by atoms with E-state index in [1.54, 1.807) is 12.1 Å². The van der Waals surface area contributed by atoms with E-state index in [9.17, 15) is 20.4 Å². The fraction of sp³-hybridized carbons (Fsp3) is 0.600. The second-order valence-electron chi connectivity index (χ2n) is 17.8. The number of fused-ring (bicyclic) bond motifs is 5. The van der Waals surface area contributed by atoms with E-state index < -0.39 is 34.2 Å². The standard InChI is InChI=1S/C40H43N3O6/c44-25-7-5-21-13-27-39(46)15-23-24-16-40(47)28-14-22-6-8-26(45)34-30(22)38(40,10-12-43(28)18-20-3-4-20)36(49-34)32(24)41-31(23)35-37(39,29(21)33(25)48-35)9-11-42(27)17-19-1-2-19/h5-8,19-20,27-28,35-36,41,44-47H,1-4,9-18H2/t27-,28-,35-,36+,37-,38-,39-,40+/m0/s1. The van der Waals surface area contributed by atoms with E-state index in [1.807, 2.05) is 0 Å². The number of aliphatic hydroxyl groups is 2. The Kier molecular flexibility index (Phi) is 4.64. The van der Waals surface area contributed by atoms with Gasteiger partial charge in [0, 0.05) is 49.1 Å². The van der Waals surface area contributed by atoms with E-state index >= 15 is 0 Å². The Morgan fingerprint density at radius 1 is 0.673 bits per heavy atom. The van der Waals surface area contributed by atoms with E-state index in [0.29, 0.717) is 36.2 Å². The monoisotopic (exact) mass is 661 g/mol. The number of rotatable bonds is 4. The van der Waals surface area contributed by atoms with Crippen LogP contribution in [0.5, 0.6) is 23.0 Å². The molecular weight excluding hydrogens is 618 g/mol. The molecule has 4 bridgehead atoms. The van der Waals surface area contributed by atoms with Gasteiger partial charge in [-0.05, 0) is 111 Å². The van der Waals surface area contributed by atoms with E-state index in [4.69, 9.17) is 9.47 Å². The third-order valence-electron chi connectivity index (χ3n) is 15.7. The molecule has 49 heavy (non-hydrogen) atoms. The lowest BCUT2D eigenvalue weighted by Gasteiger charge is -2.63. The van der Waals surface area contributed by atoms with Crippen LogP contribution in [-0.2, 0) is 36.5 Å². The number of aromatic amines is 1. The molecule has 9 heteroatoms. The average molecular weight is 662 g/mol. The molecule has 9 nitrogen and oxygen atoms in total. The summed E-state index contributed by atoms with van der Waals surface area (Å²) in [6, 6.07) is 7.56. The molecule has 6 aliphatic carbocycles. The first-order chi connectivity index (χ1) is 23.7. The van der Waals surface area contributed by atoms with Gasteiger partial charge in [-0.1, -0.05) is 12.1 Å². The molecule has 4 aliphatic heterocycles. The summed E-state index contributed by atoms with van der Waals surface area (Å²) in [6.07, 6.45) is 8.06. The minimum Gasteiger partial charge on any atom is -0.504 e. The van der Waals surface area contributed by atoms with Crippen molar-refractivity contribution in [3.05, 3.63) is 69.0 Å². The Labute approximate surface area is 284 Å². The summed E-state index contributed by atoms with van der Waals surface area (Å²) >= 11 is 0. The van der Waals surface area contributed by atoms with Gasteiger partial charge in [0.05, 0.1) is 33.4 Å². The summed E-state index contributed by atoms with van der Waals surface area (Å²) in [4.78, 5) is 9.05. The van der Waals surface area contributed by atoms with Crippen LogP contribution in [0.2, 0.25) is 0 Å². The maximum Gasteiger partial charge on any atom is 0.166 e. The first kappa shape index (κ1) is 27.5. The van der Waals surface area contributed by atoms with Crippen molar-refractivity contribution in [2.24, 2.45) is 11.8 Å². The molecule has 5 N–H and O–H groups in total. The van der Waals surface area contributed by atoms with Crippen molar-refractivity contribution in [3.63, 3.8) is 0 Å². The molecule has 2 saturated carbocycles. The van der Waals surface area contributed by atoms with Gasteiger partial charge in [-0.25, -0.2) is 0 Å². The average Bonchev–Trinajstić information content (AvgIpc) is 3.98. The van der Waals surface area contributed by atoms with Crippen LogP contribution < -0.4 is 9.47 Å². The number of phenols is 2. The summed E-state index contributed by atoms with van der Waals surface area (Å²) in [7, 11) is 0. The smallest absolute Gasteiger partial charge is 0.166 e. The molecule has 1 aromatic heterocycles. The van der Waals surface area contributed by atoms with Crippen molar-refractivity contribution in [3.8, 4) is 23.0 Å². The highest BCUT2D eigenvalue weighted by atomic mass is 16.5. The summed E-state index contributed by atoms with van der Waals surface area (Å²) in [5.74, 6) is 2.77. The Balaban J connectivity index is 1.03. The molecule has 8 atom stereocenters. The molecular formula is C40H43N3O6. The van der Waals surface area contributed by atoms with Crippen LogP contribution in [0.1, 0.15) is 95.5 Å². The zero-order valence-electron chi connectivity index (χ0n) is 27.7. The summed E-state index contributed by atoms with van der Waals surface area (Å²) in [5, 5.41) is 49.4. The van der Waals surface area contributed by atoms with Crippen LogP contribution in [0.25, 0.3) is 0 Å². The predicted octanol–water partition coefficient (Wildman–Crippen LogP) is 3.82. The van der Waals surface area contributed by atoms with Gasteiger partial charge in [-0.2, -0.15) is 0 Å².